The molecule has 0 radical (unpaired) electrons. The SMILES string of the molecule is C[C@H]1CCCC[C@@H]1NC(=O)CN(C)Cc1nc2ccccc2s1. The van der Waals surface area contributed by atoms with E-state index in [0.717, 1.165) is 16.9 Å². The standard InChI is InChI=1S/C18H25N3OS/c1-13-7-3-4-8-14(13)19-17(22)11-21(2)12-18-20-15-9-5-6-10-16(15)23-18/h5-6,9-10,13-14H,3-4,7-8,11-12H2,1-2H3,(H,19,22)/t13-,14-/m0/s1. The Morgan fingerprint density at radius 2 is 2.13 bits per heavy atom. The van der Waals surface area contributed by atoms with Crippen LogP contribution in [-0.4, -0.2) is 35.4 Å². The molecule has 1 heterocycles. The van der Waals surface area contributed by atoms with Gasteiger partial charge >= 0.3 is 0 Å². The number of para-hydroxylation sites is 1. The molecule has 1 aromatic carbocycles. The molecule has 4 nitrogen and oxygen atoms in total. The third-order valence-corrected chi connectivity index (χ3v) is 5.64. The Morgan fingerprint density at radius 1 is 1.35 bits per heavy atom. The lowest BCUT2D eigenvalue weighted by atomic mass is 9.86. The summed E-state index contributed by atoms with van der Waals surface area (Å²) >= 11 is 1.70. The number of fused-ring (bicyclic) bond motifs is 1. The topological polar surface area (TPSA) is 45.2 Å². The zero-order chi connectivity index (χ0) is 16.2. The second-order valence-electron chi connectivity index (χ2n) is 6.68. The Kier molecular flexibility index (Phi) is 5.28. The second-order valence-corrected chi connectivity index (χ2v) is 7.80. The van der Waals surface area contributed by atoms with Crippen LogP contribution in [0.25, 0.3) is 10.2 Å². The van der Waals surface area contributed by atoms with Crippen LogP contribution in [0.1, 0.15) is 37.6 Å². The highest BCUT2D eigenvalue weighted by molar-refractivity contribution is 7.18. The largest absolute Gasteiger partial charge is 0.352 e. The van der Waals surface area contributed by atoms with E-state index in [1.807, 2.05) is 30.1 Å². The molecule has 3 rings (SSSR count). The first kappa shape index (κ1) is 16.4. The van der Waals surface area contributed by atoms with Gasteiger partial charge in [-0.05, 0) is 37.9 Å². The predicted octanol–water partition coefficient (Wildman–Crippen LogP) is 3.42. The minimum Gasteiger partial charge on any atom is -0.352 e. The third kappa shape index (κ3) is 4.30. The zero-order valence-electron chi connectivity index (χ0n) is 13.9. The van der Waals surface area contributed by atoms with Crippen molar-refractivity contribution in [1.29, 1.82) is 0 Å². The number of hydrogen-bond donors (Lipinski definition) is 1. The van der Waals surface area contributed by atoms with Gasteiger partial charge in [0.15, 0.2) is 0 Å². The molecular formula is C18H25N3OS. The molecule has 1 aromatic heterocycles. The van der Waals surface area contributed by atoms with Crippen LogP contribution in [-0.2, 0) is 11.3 Å². The number of hydrogen-bond acceptors (Lipinski definition) is 4. The number of amides is 1. The first-order chi connectivity index (χ1) is 11.1. The van der Waals surface area contributed by atoms with Gasteiger partial charge in [0.2, 0.25) is 5.91 Å². The monoisotopic (exact) mass is 331 g/mol. The summed E-state index contributed by atoms with van der Waals surface area (Å²) in [7, 11) is 1.98. The number of nitrogens with one attached hydrogen (secondary N) is 1. The molecule has 1 saturated carbocycles. The predicted molar refractivity (Wildman–Crippen MR) is 95.5 cm³/mol. The van der Waals surface area contributed by atoms with Crippen molar-refractivity contribution >= 4 is 27.5 Å². The van der Waals surface area contributed by atoms with Crippen LogP contribution in [0.3, 0.4) is 0 Å². The van der Waals surface area contributed by atoms with Gasteiger partial charge < -0.3 is 5.32 Å². The minimum atomic E-state index is 0.132. The van der Waals surface area contributed by atoms with E-state index in [1.165, 1.54) is 24.0 Å². The highest BCUT2D eigenvalue weighted by atomic mass is 32.1. The number of thiazole rings is 1. The van der Waals surface area contributed by atoms with Crippen molar-refractivity contribution in [1.82, 2.24) is 15.2 Å². The highest BCUT2D eigenvalue weighted by Crippen LogP contribution is 2.24. The normalized spacial score (nSPS) is 21.7. The fraction of sp³-hybridized carbons (Fsp3) is 0.556. The molecule has 2 atom stereocenters. The molecule has 1 fully saturated rings. The Labute approximate surface area is 141 Å². The smallest absolute Gasteiger partial charge is 0.234 e. The fourth-order valence-corrected chi connectivity index (χ4v) is 4.35. The van der Waals surface area contributed by atoms with Crippen LogP contribution in [0.4, 0.5) is 0 Å². The molecule has 124 valence electrons. The van der Waals surface area contributed by atoms with Crippen molar-refractivity contribution in [3.63, 3.8) is 0 Å². The second kappa shape index (κ2) is 7.41. The highest BCUT2D eigenvalue weighted by Gasteiger charge is 2.23. The maximum atomic E-state index is 12.3. The fourth-order valence-electron chi connectivity index (χ4n) is 3.30. The molecule has 0 unspecified atom stereocenters. The lowest BCUT2D eigenvalue weighted by Crippen LogP contribution is -2.44. The van der Waals surface area contributed by atoms with Crippen LogP contribution in [0.2, 0.25) is 0 Å². The summed E-state index contributed by atoms with van der Waals surface area (Å²) in [5.74, 6) is 0.731. The van der Waals surface area contributed by atoms with E-state index in [0.29, 0.717) is 25.0 Å². The summed E-state index contributed by atoms with van der Waals surface area (Å²) in [6, 6.07) is 8.52. The lowest BCUT2D eigenvalue weighted by molar-refractivity contribution is -0.123. The Bertz CT molecular complexity index is 636. The van der Waals surface area contributed by atoms with Gasteiger partial charge in [0.25, 0.3) is 0 Å². The van der Waals surface area contributed by atoms with Gasteiger partial charge in [-0.3, -0.25) is 9.69 Å². The number of carbonyl (C=O) groups excluding carboxylic acids is 1. The maximum absolute atomic E-state index is 12.3. The number of likely N-dealkylation sites (N-methyl/N-ethyl adjacent to an activating group) is 1. The van der Waals surface area contributed by atoms with E-state index >= 15 is 0 Å². The van der Waals surface area contributed by atoms with Gasteiger partial charge in [-0.25, -0.2) is 4.98 Å². The number of rotatable bonds is 5. The molecule has 0 spiro atoms. The molecule has 1 amide bonds. The molecule has 2 aromatic rings. The number of carbonyl (C=O) groups is 1. The van der Waals surface area contributed by atoms with Crippen molar-refractivity contribution in [2.75, 3.05) is 13.6 Å². The number of nitrogens with zero attached hydrogens (tertiary/aromatic N) is 2. The summed E-state index contributed by atoms with van der Waals surface area (Å²) in [6.45, 7) is 3.39. The average Bonchev–Trinajstić information content (AvgIpc) is 2.91. The number of aromatic nitrogens is 1. The van der Waals surface area contributed by atoms with E-state index < -0.39 is 0 Å². The van der Waals surface area contributed by atoms with E-state index in [1.54, 1.807) is 11.3 Å². The van der Waals surface area contributed by atoms with Gasteiger partial charge in [-0.15, -0.1) is 11.3 Å². The first-order valence-electron chi connectivity index (χ1n) is 8.44. The average molecular weight is 331 g/mol. The molecule has 0 saturated heterocycles. The first-order valence-corrected chi connectivity index (χ1v) is 9.26. The van der Waals surface area contributed by atoms with E-state index in [4.69, 9.17) is 0 Å². The van der Waals surface area contributed by atoms with Gasteiger partial charge in [-0.1, -0.05) is 31.9 Å². The summed E-state index contributed by atoms with van der Waals surface area (Å²) in [4.78, 5) is 18.9. The summed E-state index contributed by atoms with van der Waals surface area (Å²) < 4.78 is 1.20. The van der Waals surface area contributed by atoms with Crippen molar-refractivity contribution in [2.45, 2.75) is 45.2 Å². The van der Waals surface area contributed by atoms with Crippen molar-refractivity contribution in [2.24, 2.45) is 5.92 Å². The van der Waals surface area contributed by atoms with Crippen LogP contribution in [0.5, 0.6) is 0 Å². The van der Waals surface area contributed by atoms with Gasteiger partial charge in [0, 0.05) is 6.04 Å². The van der Waals surface area contributed by atoms with Crippen LogP contribution < -0.4 is 5.32 Å². The molecule has 5 heteroatoms. The lowest BCUT2D eigenvalue weighted by Gasteiger charge is -2.30. The molecule has 1 aliphatic rings. The molecule has 0 aliphatic heterocycles. The maximum Gasteiger partial charge on any atom is 0.234 e. The summed E-state index contributed by atoms with van der Waals surface area (Å²) in [5.41, 5.74) is 1.04. The van der Waals surface area contributed by atoms with Gasteiger partial charge in [-0.2, -0.15) is 0 Å². The van der Waals surface area contributed by atoms with Crippen molar-refractivity contribution < 1.29 is 4.79 Å². The van der Waals surface area contributed by atoms with E-state index in [2.05, 4.69) is 23.3 Å². The van der Waals surface area contributed by atoms with Crippen LogP contribution in [0, 0.1) is 5.92 Å². The van der Waals surface area contributed by atoms with E-state index in [-0.39, 0.29) is 5.91 Å². The van der Waals surface area contributed by atoms with Gasteiger partial charge in [0.05, 0.1) is 23.3 Å². The minimum absolute atomic E-state index is 0.132. The molecule has 1 N–H and O–H groups in total. The Balaban J connectivity index is 1.52. The van der Waals surface area contributed by atoms with Crippen LogP contribution >= 0.6 is 11.3 Å². The summed E-state index contributed by atoms with van der Waals surface area (Å²) in [6.07, 6.45) is 4.88. The molecule has 1 aliphatic carbocycles. The van der Waals surface area contributed by atoms with Crippen LogP contribution in [0.15, 0.2) is 24.3 Å². The Morgan fingerprint density at radius 3 is 2.91 bits per heavy atom. The molecular weight excluding hydrogens is 306 g/mol. The summed E-state index contributed by atoms with van der Waals surface area (Å²) in [5, 5.41) is 4.28. The number of benzene rings is 1. The quantitative estimate of drug-likeness (QED) is 0.913. The zero-order valence-corrected chi connectivity index (χ0v) is 14.7. The van der Waals surface area contributed by atoms with E-state index in [9.17, 15) is 4.79 Å². The molecule has 0 bridgehead atoms. The van der Waals surface area contributed by atoms with Gasteiger partial charge in [0.1, 0.15) is 5.01 Å². The molecule has 23 heavy (non-hydrogen) atoms. The van der Waals surface area contributed by atoms with Crippen molar-refractivity contribution in [3.8, 4) is 0 Å². The van der Waals surface area contributed by atoms with Crippen molar-refractivity contribution in [3.05, 3.63) is 29.3 Å². The Hall–Kier alpha value is -1.46. The third-order valence-electron chi connectivity index (χ3n) is 4.61.